The molecule has 0 aliphatic rings. The zero-order chi connectivity index (χ0) is 11.3. The maximum absolute atomic E-state index is 11.3. The van der Waals surface area contributed by atoms with E-state index in [9.17, 15) is 9.90 Å². The fraction of sp³-hybridized carbons (Fsp3) is 0.364. The Bertz CT molecular complexity index is 313. The van der Waals surface area contributed by atoms with Crippen LogP contribution in [0.15, 0.2) is 30.3 Å². The van der Waals surface area contributed by atoms with E-state index < -0.39 is 18.1 Å². The summed E-state index contributed by atoms with van der Waals surface area (Å²) in [5.74, 6) is -0.589. The topological polar surface area (TPSA) is 72.5 Å². The first-order valence-corrected chi connectivity index (χ1v) is 4.82. The van der Waals surface area contributed by atoms with Crippen LogP contribution < -0.4 is 5.73 Å². The Kier molecular flexibility index (Phi) is 4.27. The fourth-order valence-electron chi connectivity index (χ4n) is 1.22. The third-order valence-electron chi connectivity index (χ3n) is 2.04. The highest BCUT2D eigenvalue weighted by Crippen LogP contribution is 2.15. The molecule has 0 fully saturated rings. The van der Waals surface area contributed by atoms with Crippen LogP contribution in [-0.2, 0) is 9.53 Å². The van der Waals surface area contributed by atoms with Crippen LogP contribution in [0.1, 0.15) is 18.6 Å². The van der Waals surface area contributed by atoms with Crippen LogP contribution in [-0.4, -0.2) is 23.7 Å². The molecule has 15 heavy (non-hydrogen) atoms. The molecule has 4 nitrogen and oxygen atoms in total. The summed E-state index contributed by atoms with van der Waals surface area (Å²) in [5.41, 5.74) is 6.16. The highest BCUT2D eigenvalue weighted by atomic mass is 16.5. The van der Waals surface area contributed by atoms with E-state index in [1.807, 2.05) is 6.07 Å². The van der Waals surface area contributed by atoms with Gasteiger partial charge in [-0.25, -0.2) is 0 Å². The van der Waals surface area contributed by atoms with Crippen molar-refractivity contribution in [1.29, 1.82) is 0 Å². The van der Waals surface area contributed by atoms with Crippen LogP contribution in [0.25, 0.3) is 0 Å². The standard InChI is InChI=1S/C11H15NO3/c1-2-15-11(14)9(12)10(13)8-6-4-3-5-7-8/h3-7,9-10,13H,2,12H2,1H3/t9-,10+/m0/s1. The number of aliphatic hydroxyl groups excluding tert-OH is 1. The number of carbonyl (C=O) groups is 1. The Hall–Kier alpha value is -1.39. The van der Waals surface area contributed by atoms with Crippen LogP contribution in [0.2, 0.25) is 0 Å². The van der Waals surface area contributed by atoms with Gasteiger partial charge in [0.2, 0.25) is 0 Å². The number of hydrogen-bond acceptors (Lipinski definition) is 4. The van der Waals surface area contributed by atoms with Gasteiger partial charge in [-0.05, 0) is 12.5 Å². The average molecular weight is 209 g/mol. The summed E-state index contributed by atoms with van der Waals surface area (Å²) in [4.78, 5) is 11.3. The van der Waals surface area contributed by atoms with Crippen LogP contribution in [0.4, 0.5) is 0 Å². The molecule has 1 rings (SSSR count). The Morgan fingerprint density at radius 1 is 1.47 bits per heavy atom. The first-order valence-electron chi connectivity index (χ1n) is 4.82. The Labute approximate surface area is 88.7 Å². The minimum Gasteiger partial charge on any atom is -0.465 e. The largest absolute Gasteiger partial charge is 0.465 e. The summed E-state index contributed by atoms with van der Waals surface area (Å²) in [7, 11) is 0. The van der Waals surface area contributed by atoms with E-state index in [2.05, 4.69) is 0 Å². The molecule has 2 atom stereocenters. The Balaban J connectivity index is 2.68. The normalized spacial score (nSPS) is 14.3. The number of benzene rings is 1. The minimum absolute atomic E-state index is 0.258. The molecule has 4 heteroatoms. The first kappa shape index (κ1) is 11.7. The van der Waals surface area contributed by atoms with Gasteiger partial charge in [0.05, 0.1) is 6.61 Å². The Morgan fingerprint density at radius 3 is 2.60 bits per heavy atom. The lowest BCUT2D eigenvalue weighted by Gasteiger charge is -2.17. The second kappa shape index (κ2) is 5.48. The smallest absolute Gasteiger partial charge is 0.325 e. The predicted octanol–water partition coefficient (Wildman–Crippen LogP) is 0.610. The maximum Gasteiger partial charge on any atom is 0.325 e. The van der Waals surface area contributed by atoms with E-state index in [-0.39, 0.29) is 6.61 Å². The molecular weight excluding hydrogens is 194 g/mol. The minimum atomic E-state index is -1.03. The molecule has 0 aliphatic heterocycles. The summed E-state index contributed by atoms with van der Waals surface area (Å²) in [6, 6.07) is 7.76. The molecule has 0 radical (unpaired) electrons. The van der Waals surface area contributed by atoms with Crippen LogP contribution in [0, 0.1) is 0 Å². The summed E-state index contributed by atoms with van der Waals surface area (Å²) >= 11 is 0. The van der Waals surface area contributed by atoms with E-state index in [4.69, 9.17) is 10.5 Å². The molecule has 0 heterocycles. The van der Waals surface area contributed by atoms with Crippen molar-refractivity contribution < 1.29 is 14.6 Å². The molecule has 0 saturated heterocycles. The van der Waals surface area contributed by atoms with Gasteiger partial charge in [0.1, 0.15) is 12.1 Å². The highest BCUT2D eigenvalue weighted by molar-refractivity contribution is 5.76. The van der Waals surface area contributed by atoms with Crippen molar-refractivity contribution in [2.75, 3.05) is 6.61 Å². The lowest BCUT2D eigenvalue weighted by atomic mass is 10.0. The van der Waals surface area contributed by atoms with Gasteiger partial charge >= 0.3 is 5.97 Å². The number of nitrogens with two attached hydrogens (primary N) is 1. The van der Waals surface area contributed by atoms with E-state index in [0.29, 0.717) is 5.56 Å². The first-order chi connectivity index (χ1) is 7.16. The molecular formula is C11H15NO3. The molecule has 3 N–H and O–H groups in total. The molecule has 0 saturated carbocycles. The molecule has 82 valence electrons. The van der Waals surface area contributed by atoms with Gasteiger partial charge in [-0.1, -0.05) is 30.3 Å². The predicted molar refractivity (Wildman–Crippen MR) is 56.0 cm³/mol. The summed E-state index contributed by atoms with van der Waals surface area (Å²) in [6.45, 7) is 1.95. The lowest BCUT2D eigenvalue weighted by molar-refractivity contribution is -0.147. The van der Waals surface area contributed by atoms with Crippen molar-refractivity contribution in [2.45, 2.75) is 19.1 Å². The van der Waals surface area contributed by atoms with Gasteiger partial charge < -0.3 is 15.6 Å². The van der Waals surface area contributed by atoms with E-state index in [0.717, 1.165) is 0 Å². The Morgan fingerprint density at radius 2 is 2.07 bits per heavy atom. The zero-order valence-corrected chi connectivity index (χ0v) is 8.59. The molecule has 1 aromatic carbocycles. The van der Waals surface area contributed by atoms with Crippen molar-refractivity contribution in [3.63, 3.8) is 0 Å². The van der Waals surface area contributed by atoms with Gasteiger partial charge in [0.15, 0.2) is 0 Å². The van der Waals surface area contributed by atoms with Crippen LogP contribution in [0.5, 0.6) is 0 Å². The van der Waals surface area contributed by atoms with E-state index in [1.54, 1.807) is 31.2 Å². The van der Waals surface area contributed by atoms with Gasteiger partial charge in [-0.2, -0.15) is 0 Å². The summed E-state index contributed by atoms with van der Waals surface area (Å²) in [5, 5.41) is 9.76. The van der Waals surface area contributed by atoms with Crippen LogP contribution >= 0.6 is 0 Å². The second-order valence-electron chi connectivity index (χ2n) is 3.13. The van der Waals surface area contributed by atoms with Crippen molar-refractivity contribution in [3.05, 3.63) is 35.9 Å². The van der Waals surface area contributed by atoms with Crippen LogP contribution in [0.3, 0.4) is 0 Å². The molecule has 0 unspecified atom stereocenters. The number of ether oxygens (including phenoxy) is 1. The van der Waals surface area contributed by atoms with Gasteiger partial charge in [-0.15, -0.1) is 0 Å². The molecule has 0 bridgehead atoms. The molecule has 1 aromatic rings. The monoisotopic (exact) mass is 209 g/mol. The number of esters is 1. The molecule has 0 amide bonds. The lowest BCUT2D eigenvalue weighted by Crippen LogP contribution is -2.38. The number of carbonyl (C=O) groups excluding carboxylic acids is 1. The number of hydrogen-bond donors (Lipinski definition) is 2. The van der Waals surface area contributed by atoms with Gasteiger partial charge in [0.25, 0.3) is 0 Å². The third-order valence-corrected chi connectivity index (χ3v) is 2.04. The van der Waals surface area contributed by atoms with Gasteiger partial charge in [-0.3, -0.25) is 4.79 Å². The third kappa shape index (κ3) is 3.04. The SMILES string of the molecule is CCOC(=O)[C@@H](N)[C@H](O)c1ccccc1. The van der Waals surface area contributed by atoms with Crippen molar-refractivity contribution in [1.82, 2.24) is 0 Å². The molecule has 0 aliphatic carbocycles. The highest BCUT2D eigenvalue weighted by Gasteiger charge is 2.24. The second-order valence-corrected chi connectivity index (χ2v) is 3.13. The quantitative estimate of drug-likeness (QED) is 0.713. The van der Waals surface area contributed by atoms with Crippen molar-refractivity contribution >= 4 is 5.97 Å². The van der Waals surface area contributed by atoms with E-state index >= 15 is 0 Å². The molecule has 0 aromatic heterocycles. The fourth-order valence-corrected chi connectivity index (χ4v) is 1.22. The maximum atomic E-state index is 11.3. The number of rotatable bonds is 4. The van der Waals surface area contributed by atoms with Crippen molar-refractivity contribution in [2.24, 2.45) is 5.73 Å². The van der Waals surface area contributed by atoms with E-state index in [1.165, 1.54) is 0 Å². The van der Waals surface area contributed by atoms with Crippen molar-refractivity contribution in [3.8, 4) is 0 Å². The van der Waals surface area contributed by atoms with Gasteiger partial charge in [0, 0.05) is 0 Å². The number of aliphatic hydroxyl groups is 1. The summed E-state index contributed by atoms with van der Waals surface area (Å²) in [6.07, 6.45) is -1.02. The zero-order valence-electron chi connectivity index (χ0n) is 8.59. The summed E-state index contributed by atoms with van der Waals surface area (Å²) < 4.78 is 4.72. The average Bonchev–Trinajstić information content (AvgIpc) is 2.28. The molecule has 0 spiro atoms.